The summed E-state index contributed by atoms with van der Waals surface area (Å²) in [6.45, 7) is 0. The van der Waals surface area contributed by atoms with Gasteiger partial charge in [-0.05, 0) is 158 Å². The monoisotopic (exact) mass is 860 g/mol. The van der Waals surface area contributed by atoms with Gasteiger partial charge in [0, 0.05) is 22.4 Å². The fourth-order valence-electron chi connectivity index (χ4n) is 12.0. The number of allylic oxidation sites excluding steroid dienone is 14. The van der Waals surface area contributed by atoms with Gasteiger partial charge in [0.05, 0.1) is 11.0 Å². The Morgan fingerprint density at radius 1 is 0.448 bits per heavy atom. The van der Waals surface area contributed by atoms with Crippen molar-refractivity contribution < 1.29 is 0 Å². The van der Waals surface area contributed by atoms with Gasteiger partial charge in [-0.15, -0.1) is 0 Å². The molecule has 1 unspecified atom stereocenters. The topological polar surface area (TPSA) is 17.8 Å². The fraction of sp³-hybridized carbons (Fsp3) is 0.154. The third-order valence-corrected chi connectivity index (χ3v) is 15.1. The average molecular weight is 861 g/mol. The van der Waals surface area contributed by atoms with Gasteiger partial charge in [-0.25, -0.2) is 4.98 Å². The molecule has 0 radical (unpaired) electrons. The van der Waals surface area contributed by atoms with Crippen molar-refractivity contribution >= 4 is 61.4 Å². The number of benzene rings is 7. The Balaban J connectivity index is 1.22. The predicted molar refractivity (Wildman–Crippen MR) is 285 cm³/mol. The SMILES string of the molecule is C1=CCCC(c2ccccc2-c2c3ccccc3c(-c3ccccc3C3=CC=CCC3)c3c2nc(-c2c4c(c(C5=CC6=CC=CCC6CC5)c5ccccc25)=CCCC=4)n3-c2ccccc2)=C1. The van der Waals surface area contributed by atoms with Crippen molar-refractivity contribution in [2.24, 2.45) is 5.92 Å². The van der Waals surface area contributed by atoms with Crippen LogP contribution in [0.4, 0.5) is 0 Å². The van der Waals surface area contributed by atoms with Crippen molar-refractivity contribution in [2.75, 3.05) is 0 Å². The quantitative estimate of drug-likeness (QED) is 0.156. The highest BCUT2D eigenvalue weighted by molar-refractivity contribution is 6.22. The van der Waals surface area contributed by atoms with E-state index in [0.717, 1.165) is 73.9 Å². The van der Waals surface area contributed by atoms with Gasteiger partial charge in [-0.3, -0.25) is 4.57 Å². The zero-order valence-electron chi connectivity index (χ0n) is 37.9. The van der Waals surface area contributed by atoms with Crippen molar-refractivity contribution in [1.82, 2.24) is 9.55 Å². The summed E-state index contributed by atoms with van der Waals surface area (Å²) in [7, 11) is 0. The Morgan fingerprint density at radius 2 is 0.985 bits per heavy atom. The molecule has 0 fully saturated rings. The van der Waals surface area contributed by atoms with Crippen molar-refractivity contribution in [3.63, 3.8) is 0 Å². The van der Waals surface area contributed by atoms with E-state index in [1.54, 1.807) is 0 Å². The summed E-state index contributed by atoms with van der Waals surface area (Å²) in [6, 6.07) is 47.7. The molecule has 1 atom stereocenters. The van der Waals surface area contributed by atoms with Gasteiger partial charge in [0.15, 0.2) is 0 Å². The normalized spacial score (nSPS) is 17.6. The van der Waals surface area contributed by atoms with Gasteiger partial charge in [-0.1, -0.05) is 188 Å². The van der Waals surface area contributed by atoms with Crippen LogP contribution < -0.4 is 10.4 Å². The average Bonchev–Trinajstić information content (AvgIpc) is 3.79. The van der Waals surface area contributed by atoms with Crippen LogP contribution in [0.1, 0.15) is 74.5 Å². The number of fused-ring (bicyclic) bond motifs is 5. The first-order chi connectivity index (χ1) is 33.3. The molecule has 8 aromatic rings. The van der Waals surface area contributed by atoms with Crippen LogP contribution >= 0.6 is 0 Å². The van der Waals surface area contributed by atoms with E-state index < -0.39 is 0 Å². The number of rotatable bonds is 7. The largest absolute Gasteiger partial charge is 0.292 e. The molecule has 2 nitrogen and oxygen atoms in total. The zero-order valence-corrected chi connectivity index (χ0v) is 37.9. The highest BCUT2D eigenvalue weighted by Crippen LogP contribution is 2.50. The van der Waals surface area contributed by atoms with E-state index in [-0.39, 0.29) is 0 Å². The molecule has 0 N–H and O–H groups in total. The maximum atomic E-state index is 6.19. The Morgan fingerprint density at radius 3 is 1.63 bits per heavy atom. The van der Waals surface area contributed by atoms with E-state index in [0.29, 0.717) is 5.92 Å². The standard InChI is InChI=1S/C65H52N2/c1-4-23-44(24-5-1)49-30-12-14-32-51(49)60-55-36-18-19-37-56(55)61(52-33-15-13-31-50(52)45-25-6-2-7-26-45)64-63(60)66-65(67(64)48-28-8-3-9-29-48)62-57-38-20-16-34-53(57)59(54-35-17-21-39-58(54)62)47-41-40-43-22-10-11-27-46(43)42-47/h1-4,6,8-16,18-20,23,25,27-39,42-43H,5,7,17,21-22,24,26,40-41H2. The summed E-state index contributed by atoms with van der Waals surface area (Å²) >= 11 is 0. The smallest absolute Gasteiger partial charge is 0.147 e. The number of hydrogen-bond acceptors (Lipinski definition) is 1. The minimum atomic E-state index is 0.613. The van der Waals surface area contributed by atoms with Crippen LogP contribution in [0.3, 0.4) is 0 Å². The fourth-order valence-corrected chi connectivity index (χ4v) is 12.0. The van der Waals surface area contributed by atoms with Crippen LogP contribution in [0.2, 0.25) is 0 Å². The van der Waals surface area contributed by atoms with E-state index in [4.69, 9.17) is 4.98 Å². The molecule has 1 aromatic heterocycles. The Hall–Kier alpha value is -7.55. The van der Waals surface area contributed by atoms with E-state index in [1.807, 2.05) is 0 Å². The number of hydrogen-bond donors (Lipinski definition) is 0. The first-order valence-electron chi connectivity index (χ1n) is 24.6. The molecule has 5 aliphatic rings. The van der Waals surface area contributed by atoms with Gasteiger partial charge < -0.3 is 0 Å². The molecular formula is C65H52N2. The molecule has 67 heavy (non-hydrogen) atoms. The van der Waals surface area contributed by atoms with Crippen LogP contribution in [0.5, 0.6) is 0 Å². The van der Waals surface area contributed by atoms with E-state index in [9.17, 15) is 0 Å². The molecule has 0 aliphatic heterocycles. The van der Waals surface area contributed by atoms with Crippen LogP contribution in [-0.2, 0) is 0 Å². The summed E-state index contributed by atoms with van der Waals surface area (Å²) < 4.78 is 2.55. The second-order valence-corrected chi connectivity index (χ2v) is 18.9. The molecule has 322 valence electrons. The van der Waals surface area contributed by atoms with Gasteiger partial charge in [0.1, 0.15) is 5.82 Å². The first-order valence-corrected chi connectivity index (χ1v) is 24.6. The van der Waals surface area contributed by atoms with E-state index >= 15 is 0 Å². The van der Waals surface area contributed by atoms with Gasteiger partial charge >= 0.3 is 0 Å². The van der Waals surface area contributed by atoms with E-state index in [1.165, 1.54) is 105 Å². The van der Waals surface area contributed by atoms with Crippen molar-refractivity contribution in [2.45, 2.75) is 57.8 Å². The van der Waals surface area contributed by atoms with Crippen molar-refractivity contribution in [1.29, 1.82) is 0 Å². The summed E-state index contributed by atoms with van der Waals surface area (Å²) in [6.07, 6.45) is 37.8. The third kappa shape index (κ3) is 6.64. The van der Waals surface area contributed by atoms with Crippen molar-refractivity contribution in [3.05, 3.63) is 221 Å². The second kappa shape index (κ2) is 16.7. The van der Waals surface area contributed by atoms with Gasteiger partial charge in [0.2, 0.25) is 0 Å². The molecule has 5 aliphatic carbocycles. The minimum Gasteiger partial charge on any atom is -0.292 e. The summed E-state index contributed by atoms with van der Waals surface area (Å²) in [5.41, 5.74) is 19.0. The Kier molecular flexibility index (Phi) is 9.92. The summed E-state index contributed by atoms with van der Waals surface area (Å²) in [5.74, 6) is 1.60. The van der Waals surface area contributed by atoms with Gasteiger partial charge in [-0.2, -0.15) is 0 Å². The number of nitrogens with zero attached hydrogens (tertiary/aromatic N) is 2. The van der Waals surface area contributed by atoms with Crippen LogP contribution in [-0.4, -0.2) is 9.55 Å². The molecule has 0 bridgehead atoms. The van der Waals surface area contributed by atoms with Gasteiger partial charge in [0.25, 0.3) is 0 Å². The van der Waals surface area contributed by atoms with Crippen LogP contribution in [0.25, 0.3) is 101 Å². The Labute approximate surface area is 393 Å². The Bertz CT molecular complexity index is 3710. The summed E-state index contributed by atoms with van der Waals surface area (Å²) in [5, 5.41) is 7.68. The number of aromatic nitrogens is 2. The maximum Gasteiger partial charge on any atom is 0.147 e. The molecule has 2 heteroatoms. The minimum absolute atomic E-state index is 0.613. The molecule has 0 saturated carbocycles. The van der Waals surface area contributed by atoms with Crippen LogP contribution in [0, 0.1) is 5.92 Å². The van der Waals surface area contributed by atoms with Crippen molar-refractivity contribution in [3.8, 4) is 39.3 Å². The number of imidazole rings is 1. The lowest BCUT2D eigenvalue weighted by molar-refractivity contribution is 0.572. The molecular weight excluding hydrogens is 809 g/mol. The molecule has 1 heterocycles. The lowest BCUT2D eigenvalue weighted by Gasteiger charge is -2.27. The highest BCUT2D eigenvalue weighted by Gasteiger charge is 2.30. The second-order valence-electron chi connectivity index (χ2n) is 18.9. The van der Waals surface area contributed by atoms with Crippen LogP contribution in [0.15, 0.2) is 194 Å². The molecule has 0 saturated heterocycles. The lowest BCUT2D eigenvalue weighted by atomic mass is 9.77. The molecule has 0 spiro atoms. The van der Waals surface area contributed by atoms with E-state index in [2.05, 4.69) is 205 Å². The molecule has 7 aromatic carbocycles. The zero-order chi connectivity index (χ0) is 44.3. The predicted octanol–water partition coefficient (Wildman–Crippen LogP) is 15.8. The highest BCUT2D eigenvalue weighted by atomic mass is 15.1. The first kappa shape index (κ1) is 39.8. The third-order valence-electron chi connectivity index (χ3n) is 15.1. The molecule has 13 rings (SSSR count). The lowest BCUT2D eigenvalue weighted by Crippen LogP contribution is -2.34. The molecule has 0 amide bonds. The maximum absolute atomic E-state index is 6.19. The number of para-hydroxylation sites is 1. The summed E-state index contributed by atoms with van der Waals surface area (Å²) in [4.78, 5) is 6.19.